The molecule has 0 aliphatic heterocycles. The summed E-state index contributed by atoms with van der Waals surface area (Å²) in [6, 6.07) is -0.785. The van der Waals surface area contributed by atoms with Crippen molar-refractivity contribution in [3.05, 3.63) is 18.0 Å². The van der Waals surface area contributed by atoms with E-state index in [-0.39, 0.29) is 19.3 Å². The van der Waals surface area contributed by atoms with Gasteiger partial charge in [-0.05, 0) is 31.7 Å². The van der Waals surface area contributed by atoms with Gasteiger partial charge >= 0.3 is 6.18 Å². The third-order valence-electron chi connectivity index (χ3n) is 3.28. The fourth-order valence-electron chi connectivity index (χ4n) is 2.41. The van der Waals surface area contributed by atoms with Crippen LogP contribution in [0.3, 0.4) is 0 Å². The maximum atomic E-state index is 12.9. The van der Waals surface area contributed by atoms with Crippen LogP contribution in [0.25, 0.3) is 0 Å². The van der Waals surface area contributed by atoms with Crippen LogP contribution in [-0.4, -0.2) is 27.2 Å². The Kier molecular flexibility index (Phi) is 3.16. The predicted octanol–water partition coefficient (Wildman–Crippen LogP) is 2.46. The number of aliphatic hydroxyl groups is 1. The second kappa shape index (κ2) is 4.33. The first-order chi connectivity index (χ1) is 7.88. The first-order valence-corrected chi connectivity index (χ1v) is 5.63. The van der Waals surface area contributed by atoms with Gasteiger partial charge in [0.25, 0.3) is 0 Å². The molecular weight excluding hydrogens is 233 g/mol. The van der Waals surface area contributed by atoms with E-state index in [2.05, 4.69) is 5.10 Å². The molecule has 1 aliphatic rings. The third-order valence-corrected chi connectivity index (χ3v) is 3.28. The topological polar surface area (TPSA) is 38.0 Å². The van der Waals surface area contributed by atoms with Crippen molar-refractivity contribution in [2.75, 3.05) is 0 Å². The van der Waals surface area contributed by atoms with Crippen LogP contribution >= 0.6 is 0 Å². The van der Waals surface area contributed by atoms with Crippen molar-refractivity contribution in [3.63, 3.8) is 0 Å². The number of hydrogen-bond donors (Lipinski definition) is 1. The van der Waals surface area contributed by atoms with Gasteiger partial charge in [0.2, 0.25) is 0 Å². The number of hydrogen-bond acceptors (Lipinski definition) is 2. The Morgan fingerprint density at radius 2 is 2.12 bits per heavy atom. The fourth-order valence-corrected chi connectivity index (χ4v) is 2.41. The van der Waals surface area contributed by atoms with Gasteiger partial charge < -0.3 is 5.11 Å². The molecule has 3 atom stereocenters. The lowest BCUT2D eigenvalue weighted by atomic mass is 9.82. The Morgan fingerprint density at radius 1 is 1.41 bits per heavy atom. The maximum Gasteiger partial charge on any atom is 0.393 e. The highest BCUT2D eigenvalue weighted by Gasteiger charge is 2.48. The zero-order valence-electron chi connectivity index (χ0n) is 9.48. The van der Waals surface area contributed by atoms with Crippen LogP contribution in [-0.2, 0) is 0 Å². The monoisotopic (exact) mass is 248 g/mol. The number of aliphatic hydroxyl groups excluding tert-OH is 1. The van der Waals surface area contributed by atoms with Crippen LogP contribution in [0, 0.1) is 12.8 Å². The molecule has 0 radical (unpaired) electrons. The van der Waals surface area contributed by atoms with Gasteiger partial charge in [0.05, 0.1) is 24.3 Å². The van der Waals surface area contributed by atoms with Crippen LogP contribution < -0.4 is 0 Å². The zero-order chi connectivity index (χ0) is 12.6. The van der Waals surface area contributed by atoms with E-state index >= 15 is 0 Å². The maximum absolute atomic E-state index is 12.9. The number of nitrogens with zero attached hydrogens (tertiary/aromatic N) is 2. The van der Waals surface area contributed by atoms with Crippen LogP contribution in [0.5, 0.6) is 0 Å². The van der Waals surface area contributed by atoms with E-state index in [4.69, 9.17) is 0 Å². The molecule has 17 heavy (non-hydrogen) atoms. The quantitative estimate of drug-likeness (QED) is 0.829. The van der Waals surface area contributed by atoms with Gasteiger partial charge in [-0.25, -0.2) is 0 Å². The molecular formula is C11H15F3N2O. The average Bonchev–Trinajstić information content (AvgIpc) is 2.62. The van der Waals surface area contributed by atoms with Crippen molar-refractivity contribution in [3.8, 4) is 0 Å². The van der Waals surface area contributed by atoms with Gasteiger partial charge in [0.15, 0.2) is 0 Å². The molecule has 1 fully saturated rings. The van der Waals surface area contributed by atoms with Gasteiger partial charge in [-0.3, -0.25) is 4.68 Å². The third kappa shape index (κ3) is 2.62. The normalized spacial score (nSPS) is 30.5. The molecule has 1 aromatic rings. The van der Waals surface area contributed by atoms with Crippen LogP contribution in [0.2, 0.25) is 0 Å². The van der Waals surface area contributed by atoms with E-state index in [1.54, 1.807) is 13.1 Å². The Bertz CT molecular complexity index is 388. The largest absolute Gasteiger partial charge is 0.393 e. The molecule has 0 bridgehead atoms. The molecule has 1 heterocycles. The summed E-state index contributed by atoms with van der Waals surface area (Å²) in [6.45, 7) is 1.78. The number of halogens is 3. The van der Waals surface area contributed by atoms with Gasteiger partial charge in [-0.2, -0.15) is 18.3 Å². The molecule has 6 heteroatoms. The van der Waals surface area contributed by atoms with E-state index in [1.807, 2.05) is 0 Å². The molecule has 0 spiro atoms. The van der Waals surface area contributed by atoms with Gasteiger partial charge in [-0.15, -0.1) is 0 Å². The molecule has 1 aliphatic carbocycles. The lowest BCUT2D eigenvalue weighted by molar-refractivity contribution is -0.199. The summed E-state index contributed by atoms with van der Waals surface area (Å²) in [6.07, 6.45) is -1.47. The number of aromatic nitrogens is 2. The minimum Gasteiger partial charge on any atom is -0.393 e. The van der Waals surface area contributed by atoms with Crippen LogP contribution in [0.4, 0.5) is 13.2 Å². The van der Waals surface area contributed by atoms with Crippen LogP contribution in [0.1, 0.15) is 30.9 Å². The molecule has 1 N–H and O–H groups in total. The second-order valence-corrected chi connectivity index (χ2v) is 4.68. The summed E-state index contributed by atoms with van der Waals surface area (Å²) in [5.74, 6) is -1.41. The lowest BCUT2D eigenvalue weighted by Gasteiger charge is -2.35. The fraction of sp³-hybridized carbons (Fsp3) is 0.727. The molecule has 2 rings (SSSR count). The second-order valence-electron chi connectivity index (χ2n) is 4.68. The summed E-state index contributed by atoms with van der Waals surface area (Å²) >= 11 is 0. The minimum atomic E-state index is -4.23. The van der Waals surface area contributed by atoms with E-state index in [0.29, 0.717) is 0 Å². The summed E-state index contributed by atoms with van der Waals surface area (Å²) in [7, 11) is 0. The Balaban J connectivity index is 2.26. The summed E-state index contributed by atoms with van der Waals surface area (Å²) in [5, 5.41) is 13.5. The highest BCUT2D eigenvalue weighted by atomic mass is 19.4. The van der Waals surface area contributed by atoms with Crippen molar-refractivity contribution in [1.29, 1.82) is 0 Å². The molecule has 0 aromatic carbocycles. The Hall–Kier alpha value is -1.04. The zero-order valence-corrected chi connectivity index (χ0v) is 9.48. The minimum absolute atomic E-state index is 0.0335. The van der Waals surface area contributed by atoms with E-state index < -0.39 is 24.2 Å². The Labute approximate surface area is 97.2 Å². The van der Waals surface area contributed by atoms with E-state index in [9.17, 15) is 18.3 Å². The van der Waals surface area contributed by atoms with Gasteiger partial charge in [-0.1, -0.05) is 0 Å². The average molecular weight is 248 g/mol. The van der Waals surface area contributed by atoms with Crippen molar-refractivity contribution in [2.45, 2.75) is 44.5 Å². The SMILES string of the molecule is Cc1cnn(C2CC(O)CCC2C(F)(F)F)c1. The molecule has 0 amide bonds. The number of aryl methyl sites for hydroxylation is 1. The van der Waals surface area contributed by atoms with Crippen molar-refractivity contribution >= 4 is 0 Å². The van der Waals surface area contributed by atoms with Crippen molar-refractivity contribution in [2.24, 2.45) is 5.92 Å². The van der Waals surface area contributed by atoms with Crippen molar-refractivity contribution < 1.29 is 18.3 Å². The number of alkyl halides is 3. The smallest absolute Gasteiger partial charge is 0.393 e. The summed E-state index contributed by atoms with van der Waals surface area (Å²) in [5.41, 5.74) is 0.825. The summed E-state index contributed by atoms with van der Waals surface area (Å²) in [4.78, 5) is 0. The Morgan fingerprint density at radius 3 is 2.65 bits per heavy atom. The van der Waals surface area contributed by atoms with E-state index in [1.165, 1.54) is 10.9 Å². The van der Waals surface area contributed by atoms with Gasteiger partial charge in [0, 0.05) is 6.20 Å². The lowest BCUT2D eigenvalue weighted by Crippen LogP contribution is -2.38. The first-order valence-electron chi connectivity index (χ1n) is 5.63. The highest BCUT2D eigenvalue weighted by molar-refractivity contribution is 5.02. The molecule has 96 valence electrons. The summed E-state index contributed by atoms with van der Waals surface area (Å²) < 4.78 is 40.0. The standard InChI is InChI=1S/C11H15F3N2O/c1-7-5-15-16(6-7)10-4-8(17)2-3-9(10)11(12,13)14/h5-6,8-10,17H,2-4H2,1H3. The molecule has 3 unspecified atom stereocenters. The molecule has 1 saturated carbocycles. The van der Waals surface area contributed by atoms with Crippen molar-refractivity contribution in [1.82, 2.24) is 9.78 Å². The van der Waals surface area contributed by atoms with Gasteiger partial charge in [0.1, 0.15) is 0 Å². The molecule has 0 saturated heterocycles. The van der Waals surface area contributed by atoms with Crippen LogP contribution in [0.15, 0.2) is 12.4 Å². The van der Waals surface area contributed by atoms with E-state index in [0.717, 1.165) is 5.56 Å². The predicted molar refractivity (Wildman–Crippen MR) is 55.4 cm³/mol. The molecule has 1 aromatic heterocycles. The first kappa shape index (κ1) is 12.4. The molecule has 3 nitrogen and oxygen atoms in total. The highest BCUT2D eigenvalue weighted by Crippen LogP contribution is 2.43. The number of rotatable bonds is 1.